The lowest BCUT2D eigenvalue weighted by atomic mass is 9.88. The Bertz CT molecular complexity index is 919. The number of benzene rings is 1. The van der Waals surface area contributed by atoms with Gasteiger partial charge >= 0.3 is 0 Å². The summed E-state index contributed by atoms with van der Waals surface area (Å²) in [5.74, 6) is 0.0984. The first-order valence-corrected chi connectivity index (χ1v) is 11.0. The Kier molecular flexibility index (Phi) is 7.92. The van der Waals surface area contributed by atoms with Crippen molar-refractivity contribution in [2.24, 2.45) is 5.92 Å². The molecule has 8 heteroatoms. The highest BCUT2D eigenvalue weighted by Crippen LogP contribution is 2.23. The summed E-state index contributed by atoms with van der Waals surface area (Å²) in [7, 11) is 1.54. The summed E-state index contributed by atoms with van der Waals surface area (Å²) in [6.45, 7) is 4.91. The molecule has 1 aliphatic heterocycles. The van der Waals surface area contributed by atoms with Crippen LogP contribution >= 0.6 is 0 Å². The predicted molar refractivity (Wildman–Crippen MR) is 119 cm³/mol. The van der Waals surface area contributed by atoms with Crippen molar-refractivity contribution in [3.05, 3.63) is 54.0 Å². The molecule has 0 aliphatic carbocycles. The van der Waals surface area contributed by atoms with Gasteiger partial charge in [-0.1, -0.05) is 13.0 Å². The molecule has 1 fully saturated rings. The molecule has 172 valence electrons. The molecule has 3 amide bonds. The molecule has 2 heterocycles. The number of hydrogen-bond donors (Lipinski definition) is 2. The number of carbonyl (C=O) groups is 3. The molecular weight excluding hydrogens is 410 g/mol. The first-order chi connectivity index (χ1) is 15.4. The summed E-state index contributed by atoms with van der Waals surface area (Å²) in [4.78, 5) is 40.3. The zero-order valence-corrected chi connectivity index (χ0v) is 18.8. The summed E-state index contributed by atoms with van der Waals surface area (Å²) in [5, 5.41) is 5.92. The van der Waals surface area contributed by atoms with Gasteiger partial charge in [0.15, 0.2) is 5.76 Å². The van der Waals surface area contributed by atoms with Gasteiger partial charge in [-0.3, -0.25) is 14.4 Å². The van der Waals surface area contributed by atoms with E-state index in [9.17, 15) is 14.4 Å². The molecular formula is C24H31N3O5. The average Bonchev–Trinajstić information content (AvgIpc) is 3.37. The molecule has 2 atom stereocenters. The Labute approximate surface area is 188 Å². The van der Waals surface area contributed by atoms with Crippen LogP contribution in [0.2, 0.25) is 0 Å². The minimum Gasteiger partial charge on any atom is -0.497 e. The fourth-order valence-electron chi connectivity index (χ4n) is 3.81. The van der Waals surface area contributed by atoms with Gasteiger partial charge < -0.3 is 24.7 Å². The van der Waals surface area contributed by atoms with Crippen molar-refractivity contribution in [2.45, 2.75) is 45.2 Å². The molecule has 2 N–H and O–H groups in total. The molecule has 32 heavy (non-hydrogen) atoms. The number of ether oxygens (including phenoxy) is 1. The number of hydrogen-bond acceptors (Lipinski definition) is 5. The zero-order valence-electron chi connectivity index (χ0n) is 18.8. The summed E-state index contributed by atoms with van der Waals surface area (Å²) < 4.78 is 10.4. The zero-order chi connectivity index (χ0) is 23.1. The smallest absolute Gasteiger partial charge is 0.289 e. The maximum Gasteiger partial charge on any atom is 0.289 e. The highest BCUT2D eigenvalue weighted by Gasteiger charge is 2.35. The summed E-state index contributed by atoms with van der Waals surface area (Å²) in [6.07, 6.45) is 3.47. The van der Waals surface area contributed by atoms with E-state index in [1.54, 1.807) is 41.3 Å². The number of amides is 3. The monoisotopic (exact) mass is 441 g/mol. The third-order valence-electron chi connectivity index (χ3n) is 5.93. The van der Waals surface area contributed by atoms with E-state index in [-0.39, 0.29) is 29.7 Å². The van der Waals surface area contributed by atoms with Gasteiger partial charge in [-0.25, -0.2) is 0 Å². The van der Waals surface area contributed by atoms with E-state index >= 15 is 0 Å². The van der Waals surface area contributed by atoms with Crippen molar-refractivity contribution in [3.8, 4) is 5.75 Å². The fourth-order valence-corrected chi connectivity index (χ4v) is 3.81. The van der Waals surface area contributed by atoms with Gasteiger partial charge in [-0.2, -0.15) is 0 Å². The molecule has 0 saturated carbocycles. The second-order valence-corrected chi connectivity index (χ2v) is 8.11. The molecule has 3 rings (SSSR count). The van der Waals surface area contributed by atoms with Crippen molar-refractivity contribution in [2.75, 3.05) is 20.2 Å². The highest BCUT2D eigenvalue weighted by molar-refractivity contribution is 5.98. The highest BCUT2D eigenvalue weighted by atomic mass is 16.5. The molecule has 2 aromatic rings. The Morgan fingerprint density at radius 2 is 1.91 bits per heavy atom. The molecule has 0 unspecified atom stereocenters. The number of furan rings is 1. The predicted octanol–water partition coefficient (Wildman–Crippen LogP) is 2.85. The largest absolute Gasteiger partial charge is 0.497 e. The van der Waals surface area contributed by atoms with E-state index in [0.29, 0.717) is 43.0 Å². The first kappa shape index (κ1) is 23.4. The van der Waals surface area contributed by atoms with Crippen LogP contribution in [0.1, 0.15) is 54.0 Å². The minimum atomic E-state index is -0.691. The standard InChI is InChI=1S/C24H31N3O5/c1-4-16(2)25-23(29)21(26-22(28)18-7-5-8-19(15-18)31-3)17-10-12-27(13-11-17)24(30)20-9-6-14-32-20/h5-9,14-17,21H,4,10-13H2,1-3H3,(H,25,29)(H,26,28)/t16-,21+/m1/s1. The molecule has 0 spiro atoms. The van der Waals surface area contributed by atoms with Gasteiger partial charge in [0.05, 0.1) is 13.4 Å². The van der Waals surface area contributed by atoms with Crippen molar-refractivity contribution in [1.29, 1.82) is 0 Å². The van der Waals surface area contributed by atoms with Crippen LogP contribution in [0, 0.1) is 5.92 Å². The normalized spacial score (nSPS) is 16.2. The van der Waals surface area contributed by atoms with Crippen LogP contribution in [0.3, 0.4) is 0 Å². The van der Waals surface area contributed by atoms with Gasteiger partial charge in [-0.05, 0) is 62.4 Å². The van der Waals surface area contributed by atoms with E-state index in [1.165, 1.54) is 13.4 Å². The Balaban J connectivity index is 1.70. The van der Waals surface area contributed by atoms with Crippen LogP contribution in [-0.4, -0.2) is 54.9 Å². The minimum absolute atomic E-state index is 0.000610. The number of nitrogens with zero attached hydrogens (tertiary/aromatic N) is 1. The summed E-state index contributed by atoms with van der Waals surface area (Å²) >= 11 is 0. The Morgan fingerprint density at radius 1 is 1.16 bits per heavy atom. The topological polar surface area (TPSA) is 101 Å². The van der Waals surface area contributed by atoms with Gasteiger partial charge in [0.25, 0.3) is 11.8 Å². The number of likely N-dealkylation sites (tertiary alicyclic amines) is 1. The SMILES string of the molecule is CC[C@@H](C)NC(=O)[C@@H](NC(=O)c1cccc(OC)c1)C1CCN(C(=O)c2ccco2)CC1. The maximum absolute atomic E-state index is 13.1. The van der Waals surface area contributed by atoms with Gasteiger partial charge in [-0.15, -0.1) is 0 Å². The third kappa shape index (κ3) is 5.69. The molecule has 0 radical (unpaired) electrons. The van der Waals surface area contributed by atoms with E-state index in [4.69, 9.17) is 9.15 Å². The van der Waals surface area contributed by atoms with Gasteiger partial charge in [0.1, 0.15) is 11.8 Å². The van der Waals surface area contributed by atoms with Crippen molar-refractivity contribution >= 4 is 17.7 Å². The number of methoxy groups -OCH3 is 1. The van der Waals surface area contributed by atoms with Crippen LogP contribution in [0.15, 0.2) is 47.1 Å². The summed E-state index contributed by atoms with van der Waals surface area (Å²) in [6, 6.07) is 9.46. The molecule has 8 nitrogen and oxygen atoms in total. The second-order valence-electron chi connectivity index (χ2n) is 8.11. The van der Waals surface area contributed by atoms with Crippen LogP contribution < -0.4 is 15.4 Å². The molecule has 1 aliphatic rings. The fraction of sp³-hybridized carbons (Fsp3) is 0.458. The van der Waals surface area contributed by atoms with Gasteiger partial charge in [0.2, 0.25) is 5.91 Å². The van der Waals surface area contributed by atoms with Crippen LogP contribution in [0.25, 0.3) is 0 Å². The number of rotatable bonds is 8. The van der Waals surface area contributed by atoms with E-state index in [1.807, 2.05) is 13.8 Å². The van der Waals surface area contributed by atoms with Crippen molar-refractivity contribution < 1.29 is 23.5 Å². The van der Waals surface area contributed by atoms with Crippen LogP contribution in [0.5, 0.6) is 5.75 Å². The van der Waals surface area contributed by atoms with E-state index < -0.39 is 6.04 Å². The molecule has 1 aromatic heterocycles. The Hall–Kier alpha value is -3.29. The average molecular weight is 442 g/mol. The number of carbonyl (C=O) groups excluding carboxylic acids is 3. The maximum atomic E-state index is 13.1. The summed E-state index contributed by atoms with van der Waals surface area (Å²) in [5.41, 5.74) is 0.427. The third-order valence-corrected chi connectivity index (χ3v) is 5.93. The second kappa shape index (κ2) is 10.8. The van der Waals surface area contributed by atoms with E-state index in [0.717, 1.165) is 6.42 Å². The lowest BCUT2D eigenvalue weighted by molar-refractivity contribution is -0.125. The van der Waals surface area contributed by atoms with Crippen molar-refractivity contribution in [3.63, 3.8) is 0 Å². The number of piperidine rings is 1. The Morgan fingerprint density at radius 3 is 2.53 bits per heavy atom. The molecule has 0 bridgehead atoms. The molecule has 1 saturated heterocycles. The first-order valence-electron chi connectivity index (χ1n) is 11.0. The lowest BCUT2D eigenvalue weighted by Gasteiger charge is -2.35. The van der Waals surface area contributed by atoms with E-state index in [2.05, 4.69) is 10.6 Å². The van der Waals surface area contributed by atoms with Crippen molar-refractivity contribution in [1.82, 2.24) is 15.5 Å². The molecule has 1 aromatic carbocycles. The number of nitrogens with one attached hydrogen (secondary N) is 2. The quantitative estimate of drug-likeness (QED) is 0.656. The van der Waals surface area contributed by atoms with Gasteiger partial charge in [0, 0.05) is 24.7 Å². The van der Waals surface area contributed by atoms with Crippen LogP contribution in [-0.2, 0) is 4.79 Å². The van der Waals surface area contributed by atoms with Crippen LogP contribution in [0.4, 0.5) is 0 Å². The lowest BCUT2D eigenvalue weighted by Crippen LogP contribution is -2.55.